The van der Waals surface area contributed by atoms with Crippen molar-refractivity contribution < 1.29 is 28.1 Å². The first kappa shape index (κ1) is 26.7. The molecule has 0 amide bonds. The van der Waals surface area contributed by atoms with Crippen LogP contribution in [0.3, 0.4) is 0 Å². The van der Waals surface area contributed by atoms with Crippen LogP contribution in [0.15, 0.2) is 102 Å². The average molecular weight is 546 g/mol. The summed E-state index contributed by atoms with van der Waals surface area (Å²) in [7, 11) is -3.96. The number of aryl methyl sites for hydroxylation is 1. The molecule has 1 heterocycles. The third-order valence-electron chi connectivity index (χ3n) is 6.82. The number of sulfonamides is 1. The standard InChI is InChI=1S/C31H31NO6S/c1-21-9-16-26(17-10-21)39(35,36)32(23-12-14-25(15-13-23)37-24-7-5-4-6-8-24)20-22-11-18-28-27(19-22)29(33)30(34)31(2,3)38-28/h4-19,29-30,33-34H,20H2,1-3H3/t29-,30+/m0/s1. The Kier molecular flexibility index (Phi) is 7.11. The molecule has 0 aromatic heterocycles. The fraction of sp³-hybridized carbons (Fsp3) is 0.226. The van der Waals surface area contributed by atoms with Gasteiger partial charge >= 0.3 is 0 Å². The number of para-hydroxylation sites is 1. The summed E-state index contributed by atoms with van der Waals surface area (Å²) in [4.78, 5) is 0.163. The van der Waals surface area contributed by atoms with Crippen LogP contribution in [0.25, 0.3) is 0 Å². The Morgan fingerprint density at radius 2 is 1.51 bits per heavy atom. The summed E-state index contributed by atoms with van der Waals surface area (Å²) in [5.74, 6) is 1.70. The summed E-state index contributed by atoms with van der Waals surface area (Å²) in [5.41, 5.74) is 1.49. The molecule has 0 radical (unpaired) electrons. The van der Waals surface area contributed by atoms with Gasteiger partial charge in [0.25, 0.3) is 10.0 Å². The third kappa shape index (κ3) is 5.49. The highest BCUT2D eigenvalue weighted by Crippen LogP contribution is 2.40. The first-order valence-corrected chi connectivity index (χ1v) is 14.1. The number of fused-ring (bicyclic) bond motifs is 1. The summed E-state index contributed by atoms with van der Waals surface area (Å²) in [5, 5.41) is 21.3. The molecule has 5 rings (SSSR count). The van der Waals surface area contributed by atoms with E-state index in [1.807, 2.05) is 37.3 Å². The number of ether oxygens (including phenoxy) is 2. The molecular weight excluding hydrogens is 514 g/mol. The largest absolute Gasteiger partial charge is 0.485 e. The lowest BCUT2D eigenvalue weighted by molar-refractivity contribution is -0.111. The Bertz CT molecular complexity index is 1550. The van der Waals surface area contributed by atoms with E-state index in [1.165, 1.54) is 4.31 Å². The van der Waals surface area contributed by atoms with Gasteiger partial charge in [-0.3, -0.25) is 4.31 Å². The van der Waals surface area contributed by atoms with Crippen LogP contribution >= 0.6 is 0 Å². The predicted octanol–water partition coefficient (Wildman–Crippen LogP) is 5.75. The van der Waals surface area contributed by atoms with E-state index in [0.717, 1.165) is 5.56 Å². The van der Waals surface area contributed by atoms with Crippen LogP contribution in [0, 0.1) is 6.92 Å². The van der Waals surface area contributed by atoms with E-state index in [0.29, 0.717) is 34.1 Å². The number of hydrogen-bond donors (Lipinski definition) is 2. The zero-order valence-corrected chi connectivity index (χ0v) is 22.8. The van der Waals surface area contributed by atoms with Crippen molar-refractivity contribution in [2.45, 2.75) is 50.0 Å². The maximum absolute atomic E-state index is 13.9. The number of aliphatic hydroxyl groups is 2. The summed E-state index contributed by atoms with van der Waals surface area (Å²) < 4.78 is 40.9. The molecule has 0 saturated heterocycles. The second-order valence-electron chi connectivity index (χ2n) is 10.2. The minimum absolute atomic E-state index is 0.00537. The highest BCUT2D eigenvalue weighted by Gasteiger charge is 2.42. The zero-order valence-electron chi connectivity index (χ0n) is 22.0. The van der Waals surface area contributed by atoms with Gasteiger partial charge in [-0.25, -0.2) is 8.42 Å². The van der Waals surface area contributed by atoms with Crippen molar-refractivity contribution in [3.8, 4) is 17.2 Å². The molecule has 0 fully saturated rings. The first-order valence-electron chi connectivity index (χ1n) is 12.6. The van der Waals surface area contributed by atoms with Gasteiger partial charge < -0.3 is 19.7 Å². The second kappa shape index (κ2) is 10.4. The Labute approximate surface area is 228 Å². The van der Waals surface area contributed by atoms with Crippen LogP contribution < -0.4 is 13.8 Å². The molecule has 8 heteroatoms. The van der Waals surface area contributed by atoms with Gasteiger partial charge in [0.15, 0.2) is 0 Å². The van der Waals surface area contributed by atoms with Gasteiger partial charge in [-0.1, -0.05) is 42.0 Å². The SMILES string of the molecule is Cc1ccc(S(=O)(=O)N(Cc2ccc3c(c2)[C@H](O)[C@@H](O)C(C)(C)O3)c2ccc(Oc3ccccc3)cc2)cc1. The normalized spacial score (nSPS) is 18.1. The van der Waals surface area contributed by atoms with Crippen molar-refractivity contribution >= 4 is 15.7 Å². The topological polar surface area (TPSA) is 96.3 Å². The van der Waals surface area contributed by atoms with Crippen molar-refractivity contribution in [3.05, 3.63) is 114 Å². The predicted molar refractivity (Wildman–Crippen MR) is 150 cm³/mol. The van der Waals surface area contributed by atoms with E-state index >= 15 is 0 Å². The van der Waals surface area contributed by atoms with Crippen LogP contribution in [0.5, 0.6) is 17.2 Å². The first-order chi connectivity index (χ1) is 18.5. The maximum Gasteiger partial charge on any atom is 0.264 e. The van der Waals surface area contributed by atoms with Crippen molar-refractivity contribution in [1.82, 2.24) is 0 Å². The number of rotatable bonds is 7. The molecule has 0 bridgehead atoms. The number of hydrogen-bond acceptors (Lipinski definition) is 6. The minimum atomic E-state index is -3.96. The van der Waals surface area contributed by atoms with Gasteiger partial charge in [0.2, 0.25) is 0 Å². The average Bonchev–Trinajstić information content (AvgIpc) is 2.92. The Morgan fingerprint density at radius 3 is 2.18 bits per heavy atom. The van der Waals surface area contributed by atoms with Crippen LogP contribution in [0.4, 0.5) is 5.69 Å². The molecule has 202 valence electrons. The summed E-state index contributed by atoms with van der Waals surface area (Å²) in [6, 6.07) is 28.0. The summed E-state index contributed by atoms with van der Waals surface area (Å²) in [6.07, 6.45) is -2.30. The van der Waals surface area contributed by atoms with Gasteiger partial charge in [-0.05, 0) is 87.0 Å². The van der Waals surface area contributed by atoms with E-state index < -0.39 is 27.8 Å². The van der Waals surface area contributed by atoms with E-state index in [9.17, 15) is 18.6 Å². The molecule has 39 heavy (non-hydrogen) atoms. The molecule has 1 aliphatic heterocycles. The van der Waals surface area contributed by atoms with Gasteiger partial charge in [0.05, 0.1) is 17.1 Å². The van der Waals surface area contributed by atoms with Crippen LogP contribution in [0.2, 0.25) is 0 Å². The van der Waals surface area contributed by atoms with Crippen LogP contribution in [-0.4, -0.2) is 30.3 Å². The number of anilines is 1. The zero-order chi connectivity index (χ0) is 27.8. The van der Waals surface area contributed by atoms with Crippen LogP contribution in [0.1, 0.15) is 36.6 Å². The molecule has 0 aliphatic carbocycles. The van der Waals surface area contributed by atoms with E-state index in [-0.39, 0.29) is 11.4 Å². The molecule has 0 unspecified atom stereocenters. The van der Waals surface area contributed by atoms with E-state index in [4.69, 9.17) is 9.47 Å². The van der Waals surface area contributed by atoms with Crippen molar-refractivity contribution in [2.75, 3.05) is 4.31 Å². The Hall–Kier alpha value is -3.85. The highest BCUT2D eigenvalue weighted by atomic mass is 32.2. The lowest BCUT2D eigenvalue weighted by Gasteiger charge is -2.40. The van der Waals surface area contributed by atoms with E-state index in [2.05, 4.69) is 0 Å². The maximum atomic E-state index is 13.9. The molecule has 4 aromatic carbocycles. The second-order valence-corrected chi connectivity index (χ2v) is 12.1. The van der Waals surface area contributed by atoms with Crippen LogP contribution in [-0.2, 0) is 16.6 Å². The lowest BCUT2D eigenvalue weighted by Crippen LogP contribution is -2.48. The number of aliphatic hydroxyl groups excluding tert-OH is 2. The van der Waals surface area contributed by atoms with Gasteiger partial charge in [-0.15, -0.1) is 0 Å². The fourth-order valence-corrected chi connectivity index (χ4v) is 5.99. The smallest absolute Gasteiger partial charge is 0.264 e. The fourth-order valence-electron chi connectivity index (χ4n) is 4.54. The Morgan fingerprint density at radius 1 is 0.872 bits per heavy atom. The summed E-state index contributed by atoms with van der Waals surface area (Å²) in [6.45, 7) is 5.31. The molecule has 2 N–H and O–H groups in total. The molecule has 7 nitrogen and oxygen atoms in total. The molecule has 0 saturated carbocycles. The molecule has 2 atom stereocenters. The number of nitrogens with zero attached hydrogens (tertiary/aromatic N) is 1. The van der Waals surface area contributed by atoms with Crippen molar-refractivity contribution in [2.24, 2.45) is 0 Å². The lowest BCUT2D eigenvalue weighted by atomic mass is 9.88. The van der Waals surface area contributed by atoms with Gasteiger partial charge in [0, 0.05) is 5.56 Å². The third-order valence-corrected chi connectivity index (χ3v) is 8.60. The monoisotopic (exact) mass is 545 g/mol. The highest BCUT2D eigenvalue weighted by molar-refractivity contribution is 7.92. The van der Waals surface area contributed by atoms with Crippen molar-refractivity contribution in [1.29, 1.82) is 0 Å². The Balaban J connectivity index is 1.50. The molecule has 1 aliphatic rings. The molecule has 4 aromatic rings. The van der Waals surface area contributed by atoms with Gasteiger partial charge in [-0.2, -0.15) is 0 Å². The molecular formula is C31H31NO6S. The van der Waals surface area contributed by atoms with Gasteiger partial charge in [0.1, 0.15) is 35.1 Å². The summed E-state index contributed by atoms with van der Waals surface area (Å²) >= 11 is 0. The minimum Gasteiger partial charge on any atom is -0.485 e. The van der Waals surface area contributed by atoms with Crippen molar-refractivity contribution in [3.63, 3.8) is 0 Å². The molecule has 0 spiro atoms. The quantitative estimate of drug-likeness (QED) is 0.307. The van der Waals surface area contributed by atoms with E-state index in [1.54, 1.807) is 80.6 Å². The number of benzene rings is 4.